The third-order valence-corrected chi connectivity index (χ3v) is 7.40. The molecule has 0 radical (unpaired) electrons. The van der Waals surface area contributed by atoms with Crippen molar-refractivity contribution in [1.82, 2.24) is 10.2 Å². The van der Waals surface area contributed by atoms with Crippen molar-refractivity contribution in [2.75, 3.05) is 38.8 Å². The van der Waals surface area contributed by atoms with Crippen molar-refractivity contribution in [1.29, 1.82) is 0 Å². The van der Waals surface area contributed by atoms with Crippen molar-refractivity contribution < 1.29 is 28.6 Å². The molecule has 1 fully saturated rings. The molecule has 10 heteroatoms. The van der Waals surface area contributed by atoms with Gasteiger partial charge in [-0.3, -0.25) is 9.59 Å². The van der Waals surface area contributed by atoms with E-state index in [1.165, 1.54) is 0 Å². The van der Waals surface area contributed by atoms with Crippen LogP contribution in [0.5, 0.6) is 11.5 Å². The SMILES string of the molecule is CCOC(=O)c1ccc(N2C(=O)CC(N(CCc3ccc(OC)c(OC)c3)C(=S)NCCc3ccccc3)C2=O)cc1. The van der Waals surface area contributed by atoms with E-state index >= 15 is 0 Å². The van der Waals surface area contributed by atoms with Gasteiger partial charge in [0.1, 0.15) is 6.04 Å². The van der Waals surface area contributed by atoms with Gasteiger partial charge in [-0.2, -0.15) is 0 Å². The minimum Gasteiger partial charge on any atom is -0.493 e. The first-order valence-electron chi connectivity index (χ1n) is 13.8. The Morgan fingerprint density at radius 3 is 2.33 bits per heavy atom. The number of carbonyl (C=O) groups is 3. The summed E-state index contributed by atoms with van der Waals surface area (Å²) in [5.41, 5.74) is 2.86. The Morgan fingerprint density at radius 2 is 1.67 bits per heavy atom. The second-order valence-electron chi connectivity index (χ2n) is 9.65. The van der Waals surface area contributed by atoms with Gasteiger partial charge in [-0.25, -0.2) is 9.69 Å². The summed E-state index contributed by atoms with van der Waals surface area (Å²) in [5, 5.41) is 3.69. The molecule has 3 aromatic carbocycles. The van der Waals surface area contributed by atoms with Gasteiger partial charge in [0.25, 0.3) is 5.91 Å². The minimum absolute atomic E-state index is 0.0229. The number of amides is 2. The molecule has 0 spiro atoms. The first-order valence-corrected chi connectivity index (χ1v) is 14.2. The molecule has 2 amide bonds. The molecule has 0 aliphatic carbocycles. The third kappa shape index (κ3) is 7.25. The number of anilines is 1. The second kappa shape index (κ2) is 14.5. The van der Waals surface area contributed by atoms with Gasteiger partial charge in [0.15, 0.2) is 16.6 Å². The average molecular weight is 590 g/mol. The van der Waals surface area contributed by atoms with Crippen molar-refractivity contribution in [2.24, 2.45) is 0 Å². The summed E-state index contributed by atoms with van der Waals surface area (Å²) < 4.78 is 15.8. The minimum atomic E-state index is -0.779. The first-order chi connectivity index (χ1) is 20.4. The average Bonchev–Trinajstić information content (AvgIpc) is 3.30. The van der Waals surface area contributed by atoms with Crippen molar-refractivity contribution in [3.8, 4) is 11.5 Å². The molecule has 4 rings (SSSR count). The van der Waals surface area contributed by atoms with Gasteiger partial charge >= 0.3 is 5.97 Å². The van der Waals surface area contributed by atoms with E-state index in [-0.39, 0.29) is 24.8 Å². The molecule has 9 nitrogen and oxygen atoms in total. The molecule has 3 aromatic rings. The van der Waals surface area contributed by atoms with Gasteiger partial charge in [-0.05, 0) is 79.5 Å². The van der Waals surface area contributed by atoms with Crippen LogP contribution in [0, 0.1) is 0 Å². The standard InChI is InChI=1S/C32H35N3O6S/c1-4-41-31(38)24-11-13-25(14-12-24)35-29(36)21-26(30(35)37)34(32(42)33-18-16-22-8-6-5-7-9-22)19-17-23-10-15-27(39-2)28(20-23)40-3/h5-15,20,26H,4,16-19,21H2,1-3H3,(H,33,42). The van der Waals surface area contributed by atoms with Gasteiger partial charge in [0.2, 0.25) is 5.91 Å². The van der Waals surface area contributed by atoms with E-state index in [9.17, 15) is 14.4 Å². The third-order valence-electron chi connectivity index (χ3n) is 7.02. The van der Waals surface area contributed by atoms with Crippen LogP contribution >= 0.6 is 12.2 Å². The summed E-state index contributed by atoms with van der Waals surface area (Å²) in [6.07, 6.45) is 1.28. The molecular weight excluding hydrogens is 554 g/mol. The summed E-state index contributed by atoms with van der Waals surface area (Å²) in [6, 6.07) is 21.2. The summed E-state index contributed by atoms with van der Waals surface area (Å²) in [7, 11) is 3.16. The number of benzene rings is 3. The molecule has 42 heavy (non-hydrogen) atoms. The maximum absolute atomic E-state index is 13.7. The smallest absolute Gasteiger partial charge is 0.338 e. The second-order valence-corrected chi connectivity index (χ2v) is 10.0. The largest absolute Gasteiger partial charge is 0.493 e. The molecular formula is C32H35N3O6S. The predicted octanol–water partition coefficient (Wildman–Crippen LogP) is 4.17. The quantitative estimate of drug-likeness (QED) is 0.190. The van der Waals surface area contributed by atoms with Gasteiger partial charge < -0.3 is 24.4 Å². The monoisotopic (exact) mass is 589 g/mol. The van der Waals surface area contributed by atoms with Crippen molar-refractivity contribution in [3.05, 3.63) is 89.5 Å². The number of imide groups is 1. The molecule has 1 unspecified atom stereocenters. The first kappa shape index (κ1) is 30.5. The van der Waals surface area contributed by atoms with E-state index in [1.54, 1.807) is 50.3 Å². The van der Waals surface area contributed by atoms with Crippen LogP contribution in [0.1, 0.15) is 34.8 Å². The number of hydrogen-bond acceptors (Lipinski definition) is 7. The number of rotatable bonds is 12. The van der Waals surface area contributed by atoms with Crippen molar-refractivity contribution in [3.63, 3.8) is 0 Å². The number of nitrogens with zero attached hydrogens (tertiary/aromatic N) is 2. The Labute approximate surface area is 251 Å². The number of esters is 1. The lowest BCUT2D eigenvalue weighted by Crippen LogP contribution is -2.50. The van der Waals surface area contributed by atoms with Crippen LogP contribution in [0.2, 0.25) is 0 Å². The molecule has 1 atom stereocenters. The van der Waals surface area contributed by atoms with Crippen LogP contribution in [-0.4, -0.2) is 67.8 Å². The lowest BCUT2D eigenvalue weighted by atomic mass is 10.1. The zero-order valence-corrected chi connectivity index (χ0v) is 24.8. The number of nitrogens with one attached hydrogen (secondary N) is 1. The fraction of sp³-hybridized carbons (Fsp3) is 0.312. The summed E-state index contributed by atoms with van der Waals surface area (Å²) in [6.45, 7) is 2.95. The summed E-state index contributed by atoms with van der Waals surface area (Å²) in [4.78, 5) is 41.9. The molecule has 0 bridgehead atoms. The highest BCUT2D eigenvalue weighted by Crippen LogP contribution is 2.29. The van der Waals surface area contributed by atoms with Crippen LogP contribution in [0.3, 0.4) is 0 Å². The topological polar surface area (TPSA) is 97.4 Å². The molecule has 1 N–H and O–H groups in total. The van der Waals surface area contributed by atoms with Gasteiger partial charge in [-0.15, -0.1) is 0 Å². The Hall–Kier alpha value is -4.44. The fourth-order valence-electron chi connectivity index (χ4n) is 4.84. The van der Waals surface area contributed by atoms with Crippen LogP contribution in [0.15, 0.2) is 72.8 Å². The van der Waals surface area contributed by atoms with Gasteiger partial charge in [0, 0.05) is 13.1 Å². The van der Waals surface area contributed by atoms with E-state index in [1.807, 2.05) is 48.5 Å². The van der Waals surface area contributed by atoms with Gasteiger partial charge in [0.05, 0.1) is 38.5 Å². The number of carbonyl (C=O) groups excluding carboxylic acids is 3. The number of methoxy groups -OCH3 is 2. The van der Waals surface area contributed by atoms with E-state index in [2.05, 4.69) is 5.32 Å². The normalized spacial score (nSPS) is 14.5. The van der Waals surface area contributed by atoms with E-state index in [0.717, 1.165) is 22.4 Å². The number of thiocarbonyl (C=S) groups is 1. The Balaban J connectivity index is 1.52. The zero-order valence-electron chi connectivity index (χ0n) is 24.0. The lowest BCUT2D eigenvalue weighted by Gasteiger charge is -2.30. The highest BCUT2D eigenvalue weighted by atomic mass is 32.1. The fourth-order valence-corrected chi connectivity index (χ4v) is 5.16. The Morgan fingerprint density at radius 1 is 0.952 bits per heavy atom. The maximum atomic E-state index is 13.7. The van der Waals surface area contributed by atoms with Crippen molar-refractivity contribution >= 4 is 40.8 Å². The summed E-state index contributed by atoms with van der Waals surface area (Å²) >= 11 is 5.79. The predicted molar refractivity (Wildman–Crippen MR) is 164 cm³/mol. The Kier molecular flexibility index (Phi) is 10.5. The van der Waals surface area contributed by atoms with Crippen LogP contribution < -0.4 is 19.7 Å². The highest BCUT2D eigenvalue weighted by Gasteiger charge is 2.43. The molecule has 1 heterocycles. The van der Waals surface area contributed by atoms with Gasteiger partial charge in [-0.1, -0.05) is 36.4 Å². The lowest BCUT2D eigenvalue weighted by molar-refractivity contribution is -0.122. The number of hydrogen-bond donors (Lipinski definition) is 1. The molecule has 0 saturated carbocycles. The summed E-state index contributed by atoms with van der Waals surface area (Å²) in [5.74, 6) is 0.0572. The molecule has 220 valence electrons. The zero-order chi connectivity index (χ0) is 30.1. The molecule has 1 saturated heterocycles. The molecule has 0 aromatic heterocycles. The number of ether oxygens (including phenoxy) is 3. The molecule has 1 aliphatic heterocycles. The van der Waals surface area contributed by atoms with E-state index in [0.29, 0.717) is 47.4 Å². The van der Waals surface area contributed by atoms with Crippen LogP contribution in [0.25, 0.3) is 0 Å². The molecule has 1 aliphatic rings. The van der Waals surface area contributed by atoms with Crippen LogP contribution in [0.4, 0.5) is 5.69 Å². The van der Waals surface area contributed by atoms with Crippen molar-refractivity contribution in [2.45, 2.75) is 32.2 Å². The van der Waals surface area contributed by atoms with Crippen LogP contribution in [-0.2, 0) is 27.2 Å². The highest BCUT2D eigenvalue weighted by molar-refractivity contribution is 7.80. The Bertz CT molecular complexity index is 1410. The van der Waals surface area contributed by atoms with E-state index in [4.69, 9.17) is 26.4 Å². The van der Waals surface area contributed by atoms with E-state index < -0.39 is 12.0 Å². The maximum Gasteiger partial charge on any atom is 0.338 e.